The van der Waals surface area contributed by atoms with Gasteiger partial charge in [-0.05, 0) is 23.6 Å². The summed E-state index contributed by atoms with van der Waals surface area (Å²) in [4.78, 5) is 27.9. The van der Waals surface area contributed by atoms with E-state index in [4.69, 9.17) is 5.11 Å². The Bertz CT molecular complexity index is 869. The van der Waals surface area contributed by atoms with Crippen molar-refractivity contribution in [2.45, 2.75) is 0 Å². The molecule has 7 heteroatoms. The summed E-state index contributed by atoms with van der Waals surface area (Å²) in [7, 11) is 0. The van der Waals surface area contributed by atoms with Gasteiger partial charge in [-0.25, -0.2) is 14.2 Å². The Morgan fingerprint density at radius 2 is 1.95 bits per heavy atom. The molecule has 0 unspecified atom stereocenters. The van der Waals surface area contributed by atoms with Crippen LogP contribution in [0.2, 0.25) is 0 Å². The van der Waals surface area contributed by atoms with Gasteiger partial charge >= 0.3 is 5.97 Å². The number of carbonyl (C=O) groups excluding carboxylic acids is 1. The minimum absolute atomic E-state index is 0.0264. The Morgan fingerprint density at radius 3 is 2.68 bits per heavy atom. The Morgan fingerprint density at radius 1 is 1.18 bits per heavy atom. The summed E-state index contributed by atoms with van der Waals surface area (Å²) in [6, 6.07) is 7.36. The first-order valence-corrected chi connectivity index (χ1v) is 7.83. The molecule has 0 amide bonds. The van der Waals surface area contributed by atoms with Crippen LogP contribution in [0.4, 0.5) is 4.39 Å². The van der Waals surface area contributed by atoms with Crippen molar-refractivity contribution >= 4 is 34.4 Å². The van der Waals surface area contributed by atoms with Crippen LogP contribution in [0.15, 0.2) is 41.9 Å². The molecule has 4 nitrogen and oxygen atoms in total. The maximum absolute atomic E-state index is 13.7. The third kappa shape index (κ3) is 2.56. The van der Waals surface area contributed by atoms with E-state index in [9.17, 15) is 14.0 Å². The molecular weight excluding hydrogens is 325 g/mol. The van der Waals surface area contributed by atoms with E-state index < -0.39 is 17.6 Å². The predicted octanol–water partition coefficient (Wildman–Crippen LogP) is 3.94. The van der Waals surface area contributed by atoms with E-state index >= 15 is 0 Å². The van der Waals surface area contributed by atoms with Crippen LogP contribution in [-0.4, -0.2) is 21.8 Å². The number of thiazole rings is 1. The van der Waals surface area contributed by atoms with Crippen LogP contribution in [-0.2, 0) is 0 Å². The van der Waals surface area contributed by atoms with Crippen molar-refractivity contribution in [3.8, 4) is 10.6 Å². The third-order valence-corrected chi connectivity index (χ3v) is 4.87. The second-order valence-electron chi connectivity index (χ2n) is 4.31. The number of rotatable bonds is 4. The molecule has 0 bridgehead atoms. The maximum Gasteiger partial charge on any atom is 0.346 e. The molecule has 22 heavy (non-hydrogen) atoms. The number of nitrogens with zero attached hydrogens (tertiary/aromatic N) is 1. The Labute approximate surface area is 132 Å². The molecular formula is C15H8FNO3S2. The summed E-state index contributed by atoms with van der Waals surface area (Å²) >= 11 is 2.14. The summed E-state index contributed by atoms with van der Waals surface area (Å²) in [6.45, 7) is 0. The number of aromatic carboxylic acids is 1. The van der Waals surface area contributed by atoms with Crippen LogP contribution in [0, 0.1) is 5.82 Å². The molecule has 0 radical (unpaired) electrons. The molecule has 0 atom stereocenters. The molecule has 3 rings (SSSR count). The fraction of sp³-hybridized carbons (Fsp3) is 0. The summed E-state index contributed by atoms with van der Waals surface area (Å²) < 4.78 is 13.7. The fourth-order valence-corrected chi connectivity index (χ4v) is 3.62. The number of carboxylic acids is 1. The van der Waals surface area contributed by atoms with Gasteiger partial charge in [0.25, 0.3) is 0 Å². The lowest BCUT2D eigenvalue weighted by Gasteiger charge is -1.98. The SMILES string of the molecule is O=C(c1cnc(-c2ccsc2C(=O)O)s1)c1ccccc1F. The van der Waals surface area contributed by atoms with Crippen molar-refractivity contribution < 1.29 is 19.1 Å². The largest absolute Gasteiger partial charge is 0.477 e. The van der Waals surface area contributed by atoms with E-state index in [-0.39, 0.29) is 15.3 Å². The minimum atomic E-state index is -1.04. The monoisotopic (exact) mass is 333 g/mol. The standard InChI is InChI=1S/C15H8FNO3S2/c16-10-4-2-1-3-8(10)12(18)11-7-17-14(22-11)9-5-6-21-13(9)15(19)20/h1-7H,(H,19,20). The average Bonchev–Trinajstić information content (AvgIpc) is 3.15. The van der Waals surface area contributed by atoms with E-state index in [0.717, 1.165) is 22.7 Å². The second kappa shape index (κ2) is 5.78. The zero-order valence-corrected chi connectivity index (χ0v) is 12.6. The molecule has 0 saturated heterocycles. The zero-order valence-electron chi connectivity index (χ0n) is 10.9. The average molecular weight is 333 g/mol. The van der Waals surface area contributed by atoms with E-state index in [1.54, 1.807) is 17.5 Å². The van der Waals surface area contributed by atoms with Crippen molar-refractivity contribution in [2.75, 3.05) is 0 Å². The molecule has 0 saturated carbocycles. The molecule has 0 spiro atoms. The molecule has 3 aromatic rings. The molecule has 0 aliphatic heterocycles. The van der Waals surface area contributed by atoms with Crippen molar-refractivity contribution in [3.05, 3.63) is 63.0 Å². The number of carboxylic acid groups (broad SMARTS) is 1. The lowest BCUT2D eigenvalue weighted by atomic mass is 10.1. The first kappa shape index (κ1) is 14.6. The van der Waals surface area contributed by atoms with Gasteiger partial charge in [-0.15, -0.1) is 22.7 Å². The van der Waals surface area contributed by atoms with Crippen LogP contribution in [0.25, 0.3) is 10.6 Å². The number of benzene rings is 1. The van der Waals surface area contributed by atoms with Crippen LogP contribution in [0.3, 0.4) is 0 Å². The highest BCUT2D eigenvalue weighted by Gasteiger charge is 2.20. The molecule has 110 valence electrons. The molecule has 2 heterocycles. The van der Waals surface area contributed by atoms with Crippen LogP contribution >= 0.6 is 22.7 Å². The quantitative estimate of drug-likeness (QED) is 0.734. The maximum atomic E-state index is 13.7. The van der Waals surface area contributed by atoms with Gasteiger partial charge in [-0.2, -0.15) is 0 Å². The van der Waals surface area contributed by atoms with Crippen LogP contribution in [0.5, 0.6) is 0 Å². The van der Waals surface area contributed by atoms with Gasteiger partial charge in [-0.1, -0.05) is 12.1 Å². The molecule has 1 aromatic carbocycles. The Kier molecular flexibility index (Phi) is 3.82. The van der Waals surface area contributed by atoms with Gasteiger partial charge in [0, 0.05) is 11.8 Å². The molecule has 0 fully saturated rings. The van der Waals surface area contributed by atoms with Crippen molar-refractivity contribution in [3.63, 3.8) is 0 Å². The number of halogens is 1. The topological polar surface area (TPSA) is 67.3 Å². The summed E-state index contributed by atoms with van der Waals surface area (Å²) in [6.07, 6.45) is 1.35. The van der Waals surface area contributed by atoms with E-state index in [2.05, 4.69) is 4.98 Å². The van der Waals surface area contributed by atoms with E-state index in [1.165, 1.54) is 24.4 Å². The second-order valence-corrected chi connectivity index (χ2v) is 6.25. The van der Waals surface area contributed by atoms with Crippen LogP contribution in [0.1, 0.15) is 24.9 Å². The minimum Gasteiger partial charge on any atom is -0.477 e. The first-order chi connectivity index (χ1) is 10.6. The number of hydrogen-bond acceptors (Lipinski definition) is 5. The van der Waals surface area contributed by atoms with E-state index in [1.807, 2.05) is 0 Å². The Balaban J connectivity index is 1.98. The number of thiophene rings is 1. The third-order valence-electron chi connectivity index (χ3n) is 2.94. The molecule has 0 aliphatic rings. The molecule has 1 N–H and O–H groups in total. The first-order valence-electron chi connectivity index (χ1n) is 6.14. The van der Waals surface area contributed by atoms with E-state index in [0.29, 0.717) is 10.6 Å². The predicted molar refractivity (Wildman–Crippen MR) is 82.2 cm³/mol. The van der Waals surface area contributed by atoms with Crippen molar-refractivity contribution in [1.82, 2.24) is 4.98 Å². The Hall–Kier alpha value is -2.38. The summed E-state index contributed by atoms with van der Waals surface area (Å²) in [5, 5.41) is 11.2. The lowest BCUT2D eigenvalue weighted by Crippen LogP contribution is -2.01. The number of carbonyl (C=O) groups is 2. The number of hydrogen-bond donors (Lipinski definition) is 1. The zero-order chi connectivity index (χ0) is 15.7. The molecule has 2 aromatic heterocycles. The van der Waals surface area contributed by atoms with Gasteiger partial charge in [0.15, 0.2) is 0 Å². The smallest absolute Gasteiger partial charge is 0.346 e. The van der Waals surface area contributed by atoms with Crippen LogP contribution < -0.4 is 0 Å². The molecule has 0 aliphatic carbocycles. The summed E-state index contributed by atoms with van der Waals surface area (Å²) in [5.41, 5.74) is 0.441. The van der Waals surface area contributed by atoms with Gasteiger partial charge in [0.2, 0.25) is 5.78 Å². The van der Waals surface area contributed by atoms with Crippen molar-refractivity contribution in [1.29, 1.82) is 0 Å². The van der Waals surface area contributed by atoms with Crippen molar-refractivity contribution in [2.24, 2.45) is 0 Å². The summed E-state index contributed by atoms with van der Waals surface area (Å²) in [5.74, 6) is -2.10. The van der Waals surface area contributed by atoms with Gasteiger partial charge in [0.1, 0.15) is 15.7 Å². The highest BCUT2D eigenvalue weighted by molar-refractivity contribution is 7.18. The highest BCUT2D eigenvalue weighted by atomic mass is 32.1. The van der Waals surface area contributed by atoms with Gasteiger partial charge in [0.05, 0.1) is 10.4 Å². The van der Waals surface area contributed by atoms with Gasteiger partial charge < -0.3 is 5.11 Å². The lowest BCUT2D eigenvalue weighted by molar-refractivity contribution is 0.0702. The van der Waals surface area contributed by atoms with Gasteiger partial charge in [-0.3, -0.25) is 4.79 Å². The fourth-order valence-electron chi connectivity index (χ4n) is 1.92. The normalized spacial score (nSPS) is 10.6. The highest BCUT2D eigenvalue weighted by Crippen LogP contribution is 2.32. The number of ketones is 1. The number of aromatic nitrogens is 1.